The summed E-state index contributed by atoms with van der Waals surface area (Å²) < 4.78 is 6.94. The Balaban J connectivity index is 1.78. The Hall–Kier alpha value is -3.12. The van der Waals surface area contributed by atoms with Gasteiger partial charge in [-0.3, -0.25) is 9.36 Å². The number of hydrogen-bond donors (Lipinski definition) is 5. The van der Waals surface area contributed by atoms with Crippen molar-refractivity contribution in [2.24, 2.45) is 0 Å². The third-order valence-electron chi connectivity index (χ3n) is 4.91. The Morgan fingerprint density at radius 1 is 1.25 bits per heavy atom. The Morgan fingerprint density at radius 2 is 2.00 bits per heavy atom. The summed E-state index contributed by atoms with van der Waals surface area (Å²) in [5.41, 5.74) is 9.81. The van der Waals surface area contributed by atoms with Gasteiger partial charge in [-0.1, -0.05) is 12.1 Å². The predicted octanol–water partition coefficient (Wildman–Crippen LogP) is -1.14. The zero-order valence-electron chi connectivity index (χ0n) is 14.5. The van der Waals surface area contributed by atoms with Crippen LogP contribution in [-0.2, 0) is 4.74 Å². The molecule has 0 spiro atoms. The van der Waals surface area contributed by atoms with Crippen LogP contribution in [0.4, 0.5) is 11.5 Å². The normalized spacial score (nSPS) is 27.3. The van der Waals surface area contributed by atoms with Gasteiger partial charge in [0.1, 0.15) is 24.1 Å². The van der Waals surface area contributed by atoms with Crippen LogP contribution < -0.4 is 11.5 Å². The lowest BCUT2D eigenvalue weighted by Crippen LogP contribution is -2.55. The molecule has 0 aliphatic carbocycles. The number of nitrogen functional groups attached to an aromatic ring is 2. The minimum atomic E-state index is -2.44. The van der Waals surface area contributed by atoms with Gasteiger partial charge < -0.3 is 31.5 Å². The first-order valence-electron chi connectivity index (χ1n) is 8.38. The number of Topliss-reactive ketones (excluding diaryl/α,β-unsaturated/α-hetero) is 1. The minimum Gasteiger partial charge on any atom is -0.398 e. The molecular weight excluding hydrogens is 368 g/mol. The molecule has 3 aromatic rings. The summed E-state index contributed by atoms with van der Waals surface area (Å²) in [6.45, 7) is -0.716. The van der Waals surface area contributed by atoms with E-state index in [1.54, 1.807) is 12.1 Å². The van der Waals surface area contributed by atoms with Crippen molar-refractivity contribution in [1.82, 2.24) is 19.5 Å². The molecule has 0 saturated carbocycles. The SMILES string of the molecule is Nc1ccccc1C(=O)[C@@]1(O)[C@@H](CO)O[C@@H](n2cnc3c(N)ncnc32)[C@@H]1O. The van der Waals surface area contributed by atoms with Crippen molar-refractivity contribution in [2.75, 3.05) is 18.1 Å². The van der Waals surface area contributed by atoms with Gasteiger partial charge in [0.15, 0.2) is 23.3 Å². The summed E-state index contributed by atoms with van der Waals surface area (Å²) in [5, 5.41) is 31.7. The van der Waals surface area contributed by atoms with Crippen LogP contribution >= 0.6 is 0 Å². The van der Waals surface area contributed by atoms with Crippen LogP contribution in [0.1, 0.15) is 16.6 Å². The number of nitrogens with zero attached hydrogens (tertiary/aromatic N) is 4. The van der Waals surface area contributed by atoms with E-state index in [0.29, 0.717) is 0 Å². The predicted molar refractivity (Wildman–Crippen MR) is 96.9 cm³/mol. The molecule has 4 atom stereocenters. The van der Waals surface area contributed by atoms with Crippen LogP contribution in [0.2, 0.25) is 0 Å². The highest BCUT2D eigenvalue weighted by molar-refractivity contribution is 6.07. The molecule has 7 N–H and O–H groups in total. The number of fused-ring (bicyclic) bond motifs is 1. The van der Waals surface area contributed by atoms with Crippen molar-refractivity contribution >= 4 is 28.5 Å². The Bertz CT molecular complexity index is 1060. The number of nitrogens with two attached hydrogens (primary N) is 2. The van der Waals surface area contributed by atoms with Crippen molar-refractivity contribution in [3.05, 3.63) is 42.5 Å². The Morgan fingerprint density at radius 3 is 2.71 bits per heavy atom. The number of carbonyl (C=O) groups excluding carboxylic acids is 1. The first kappa shape index (κ1) is 18.3. The highest BCUT2D eigenvalue weighted by Gasteiger charge is 2.61. The molecule has 1 aliphatic rings. The average molecular weight is 386 g/mol. The number of imidazole rings is 1. The molecule has 11 heteroatoms. The molecule has 1 aliphatic heterocycles. The molecule has 0 radical (unpaired) electrons. The van der Waals surface area contributed by atoms with E-state index in [2.05, 4.69) is 15.0 Å². The highest BCUT2D eigenvalue weighted by Crippen LogP contribution is 2.41. The van der Waals surface area contributed by atoms with Gasteiger partial charge in [-0.05, 0) is 12.1 Å². The van der Waals surface area contributed by atoms with Crippen LogP contribution in [0, 0.1) is 0 Å². The minimum absolute atomic E-state index is 0.00816. The lowest BCUT2D eigenvalue weighted by molar-refractivity contribution is -0.0697. The van der Waals surface area contributed by atoms with E-state index in [1.807, 2.05) is 0 Å². The number of ketones is 1. The molecule has 0 bridgehead atoms. The van der Waals surface area contributed by atoms with E-state index in [4.69, 9.17) is 16.2 Å². The maximum absolute atomic E-state index is 13.1. The van der Waals surface area contributed by atoms with Gasteiger partial charge in [-0.2, -0.15) is 0 Å². The zero-order valence-corrected chi connectivity index (χ0v) is 14.5. The first-order valence-corrected chi connectivity index (χ1v) is 8.38. The van der Waals surface area contributed by atoms with E-state index in [1.165, 1.54) is 29.4 Å². The maximum Gasteiger partial charge on any atom is 0.202 e. The lowest BCUT2D eigenvalue weighted by Gasteiger charge is -2.29. The van der Waals surface area contributed by atoms with Crippen molar-refractivity contribution in [2.45, 2.75) is 24.0 Å². The molecule has 0 unspecified atom stereocenters. The topological polar surface area (TPSA) is 183 Å². The van der Waals surface area contributed by atoms with Crippen molar-refractivity contribution < 1.29 is 24.9 Å². The molecular formula is C17H18N6O5. The summed E-state index contributed by atoms with van der Waals surface area (Å²) in [6, 6.07) is 6.12. The molecule has 2 aromatic heterocycles. The number of ether oxygens (including phenoxy) is 1. The summed E-state index contributed by atoms with van der Waals surface area (Å²) >= 11 is 0. The number of aliphatic hydroxyl groups is 3. The van der Waals surface area contributed by atoms with E-state index < -0.39 is 36.4 Å². The van der Waals surface area contributed by atoms with Gasteiger partial charge in [0.2, 0.25) is 5.78 Å². The quantitative estimate of drug-likeness (QED) is 0.271. The average Bonchev–Trinajstić information content (AvgIpc) is 3.23. The highest BCUT2D eigenvalue weighted by atomic mass is 16.6. The number of carbonyl (C=O) groups is 1. The van der Waals surface area contributed by atoms with Crippen LogP contribution in [0.15, 0.2) is 36.9 Å². The molecule has 11 nitrogen and oxygen atoms in total. The Labute approximate surface area is 158 Å². The number of aliphatic hydroxyl groups excluding tert-OH is 2. The van der Waals surface area contributed by atoms with Crippen LogP contribution in [0.3, 0.4) is 0 Å². The second-order valence-electron chi connectivity index (χ2n) is 6.47. The van der Waals surface area contributed by atoms with Gasteiger partial charge in [-0.25, -0.2) is 15.0 Å². The largest absolute Gasteiger partial charge is 0.398 e. The third kappa shape index (κ3) is 2.45. The molecule has 1 aromatic carbocycles. The van der Waals surface area contributed by atoms with E-state index in [9.17, 15) is 20.1 Å². The van der Waals surface area contributed by atoms with Crippen LogP contribution in [-0.4, -0.2) is 65.0 Å². The maximum atomic E-state index is 13.1. The van der Waals surface area contributed by atoms with Crippen LogP contribution in [0.25, 0.3) is 11.2 Å². The number of anilines is 2. The number of hydrogen-bond acceptors (Lipinski definition) is 10. The second kappa shape index (κ2) is 6.49. The molecule has 28 heavy (non-hydrogen) atoms. The molecule has 146 valence electrons. The summed E-state index contributed by atoms with van der Waals surface area (Å²) in [5.74, 6) is -0.739. The standard InChI is InChI=1S/C17H18N6O5/c18-9-4-2-1-3-8(9)12(25)17(27)10(5-24)28-16(13(17)26)23-7-22-11-14(19)20-6-21-15(11)23/h1-4,6-7,10,13,16,24,26-27H,5,18H2,(H2,19,20,21)/t10-,13+,16-,17+/m1/s1. The third-order valence-corrected chi connectivity index (χ3v) is 4.91. The fourth-order valence-electron chi connectivity index (χ4n) is 3.41. The van der Waals surface area contributed by atoms with E-state index in [-0.39, 0.29) is 28.2 Å². The van der Waals surface area contributed by atoms with E-state index >= 15 is 0 Å². The summed E-state index contributed by atoms with van der Waals surface area (Å²) in [6.07, 6.45) is -1.90. The zero-order chi connectivity index (χ0) is 20.1. The molecule has 3 heterocycles. The molecule has 1 saturated heterocycles. The second-order valence-corrected chi connectivity index (χ2v) is 6.47. The van der Waals surface area contributed by atoms with E-state index in [0.717, 1.165) is 0 Å². The number of para-hydroxylation sites is 1. The molecule has 4 rings (SSSR count). The molecule has 1 fully saturated rings. The van der Waals surface area contributed by atoms with Crippen LogP contribution in [0.5, 0.6) is 0 Å². The van der Waals surface area contributed by atoms with Crippen molar-refractivity contribution in [1.29, 1.82) is 0 Å². The van der Waals surface area contributed by atoms with Gasteiger partial charge >= 0.3 is 0 Å². The van der Waals surface area contributed by atoms with Gasteiger partial charge in [0, 0.05) is 11.3 Å². The van der Waals surface area contributed by atoms with Gasteiger partial charge in [-0.15, -0.1) is 0 Å². The number of aromatic nitrogens is 4. The van der Waals surface area contributed by atoms with Crippen molar-refractivity contribution in [3.63, 3.8) is 0 Å². The smallest absolute Gasteiger partial charge is 0.202 e. The number of benzene rings is 1. The fraction of sp³-hybridized carbons (Fsp3) is 0.294. The molecule has 0 amide bonds. The fourth-order valence-corrected chi connectivity index (χ4v) is 3.41. The number of rotatable bonds is 4. The van der Waals surface area contributed by atoms with Gasteiger partial charge in [0.25, 0.3) is 0 Å². The van der Waals surface area contributed by atoms with Crippen molar-refractivity contribution in [3.8, 4) is 0 Å². The monoisotopic (exact) mass is 386 g/mol. The lowest BCUT2D eigenvalue weighted by atomic mass is 9.83. The summed E-state index contributed by atoms with van der Waals surface area (Å²) in [4.78, 5) is 25.0. The summed E-state index contributed by atoms with van der Waals surface area (Å²) in [7, 11) is 0. The Kier molecular flexibility index (Phi) is 4.23. The van der Waals surface area contributed by atoms with Gasteiger partial charge in [0.05, 0.1) is 12.9 Å². The first-order chi connectivity index (χ1) is 13.4.